The van der Waals surface area contributed by atoms with E-state index in [0.717, 1.165) is 11.3 Å². The van der Waals surface area contributed by atoms with Crippen molar-refractivity contribution >= 4 is 29.3 Å². The number of urea groups is 1. The molecular weight excluding hydrogens is 354 g/mol. The van der Waals surface area contributed by atoms with Gasteiger partial charge in [0.05, 0.1) is 25.4 Å². The second kappa shape index (κ2) is 7.47. The zero-order valence-electron chi connectivity index (χ0n) is 14.3. The molecular formula is C18H20ClN5O2. The van der Waals surface area contributed by atoms with Crippen LogP contribution in [-0.2, 0) is 11.3 Å². The molecule has 0 saturated carbocycles. The summed E-state index contributed by atoms with van der Waals surface area (Å²) in [5.41, 5.74) is 1.82. The summed E-state index contributed by atoms with van der Waals surface area (Å²) < 4.78 is 5.62. The number of rotatable bonds is 1. The summed E-state index contributed by atoms with van der Waals surface area (Å²) >= 11 is 6.09. The van der Waals surface area contributed by atoms with Crippen LogP contribution >= 0.6 is 11.6 Å². The van der Waals surface area contributed by atoms with Gasteiger partial charge >= 0.3 is 6.03 Å². The third-order valence-corrected chi connectivity index (χ3v) is 4.90. The van der Waals surface area contributed by atoms with Gasteiger partial charge in [-0.2, -0.15) is 0 Å². The lowest BCUT2D eigenvalue weighted by atomic mass is 10.1. The topological polar surface area (TPSA) is 61.8 Å². The molecule has 0 unspecified atom stereocenters. The number of carbonyl (C=O) groups is 1. The van der Waals surface area contributed by atoms with Gasteiger partial charge in [0.1, 0.15) is 0 Å². The summed E-state index contributed by atoms with van der Waals surface area (Å²) in [4.78, 5) is 27.5. The average Bonchev–Trinajstić information content (AvgIpc) is 2.90. The van der Waals surface area contributed by atoms with Gasteiger partial charge in [-0.1, -0.05) is 11.6 Å². The van der Waals surface area contributed by atoms with Crippen molar-refractivity contribution in [2.24, 2.45) is 0 Å². The highest BCUT2D eigenvalue weighted by molar-refractivity contribution is 6.30. The first-order valence-corrected chi connectivity index (χ1v) is 9.05. The number of fused-ring (bicyclic) bond motifs is 1. The Kier molecular flexibility index (Phi) is 4.90. The van der Waals surface area contributed by atoms with E-state index in [1.165, 1.54) is 0 Å². The highest BCUT2D eigenvalue weighted by atomic mass is 35.5. The highest BCUT2D eigenvalue weighted by Crippen LogP contribution is 2.28. The number of halogens is 1. The molecule has 1 aromatic heterocycles. The van der Waals surface area contributed by atoms with E-state index >= 15 is 0 Å². The molecule has 0 radical (unpaired) electrons. The molecule has 1 fully saturated rings. The van der Waals surface area contributed by atoms with E-state index in [1.54, 1.807) is 23.4 Å². The standard InChI is InChI=1S/C18H20ClN5O2/c19-15-2-3-16-14(12-15)13-26-11-10-24(16)18(25)23-8-6-22(7-9-23)17-20-4-1-5-21-17/h1-5,12H,6-11,13H2. The number of nitrogens with zero attached hydrogens (tertiary/aromatic N) is 5. The van der Waals surface area contributed by atoms with Crippen LogP contribution < -0.4 is 9.80 Å². The van der Waals surface area contributed by atoms with Crippen molar-refractivity contribution in [1.82, 2.24) is 14.9 Å². The van der Waals surface area contributed by atoms with Crippen LogP contribution in [0.3, 0.4) is 0 Å². The Labute approximate surface area is 157 Å². The van der Waals surface area contributed by atoms with Gasteiger partial charge in [0.15, 0.2) is 0 Å². The van der Waals surface area contributed by atoms with Crippen LogP contribution in [0.5, 0.6) is 0 Å². The summed E-state index contributed by atoms with van der Waals surface area (Å²) in [6.45, 7) is 4.22. The molecule has 2 amide bonds. The smallest absolute Gasteiger partial charge is 0.324 e. The number of hydrogen-bond acceptors (Lipinski definition) is 5. The minimum atomic E-state index is 0.00713. The Hall–Kier alpha value is -2.38. The molecule has 3 heterocycles. The van der Waals surface area contributed by atoms with E-state index in [1.807, 2.05) is 23.1 Å². The van der Waals surface area contributed by atoms with Gasteiger partial charge in [0.2, 0.25) is 5.95 Å². The third-order valence-electron chi connectivity index (χ3n) is 4.67. The molecule has 26 heavy (non-hydrogen) atoms. The van der Waals surface area contributed by atoms with Crippen LogP contribution in [0.25, 0.3) is 0 Å². The molecule has 136 valence electrons. The lowest BCUT2D eigenvalue weighted by Gasteiger charge is -2.37. The summed E-state index contributed by atoms with van der Waals surface area (Å²) in [5, 5.41) is 0.651. The number of aromatic nitrogens is 2. The van der Waals surface area contributed by atoms with Gasteiger partial charge in [0.25, 0.3) is 0 Å². The van der Waals surface area contributed by atoms with Crippen molar-refractivity contribution in [3.8, 4) is 0 Å². The Morgan fingerprint density at radius 2 is 1.85 bits per heavy atom. The zero-order valence-corrected chi connectivity index (χ0v) is 15.1. The summed E-state index contributed by atoms with van der Waals surface area (Å²) in [7, 11) is 0. The largest absolute Gasteiger partial charge is 0.375 e. The van der Waals surface area contributed by atoms with Crippen molar-refractivity contribution < 1.29 is 9.53 Å². The van der Waals surface area contributed by atoms with E-state index in [9.17, 15) is 4.79 Å². The number of hydrogen-bond donors (Lipinski definition) is 0. The molecule has 2 aliphatic heterocycles. The van der Waals surface area contributed by atoms with Crippen LogP contribution in [0.1, 0.15) is 5.56 Å². The van der Waals surface area contributed by atoms with Crippen molar-refractivity contribution in [3.63, 3.8) is 0 Å². The molecule has 2 aromatic rings. The minimum absolute atomic E-state index is 0.00713. The summed E-state index contributed by atoms with van der Waals surface area (Å²) in [6.07, 6.45) is 3.47. The van der Waals surface area contributed by atoms with Crippen molar-refractivity contribution in [2.45, 2.75) is 6.61 Å². The molecule has 8 heteroatoms. The van der Waals surface area contributed by atoms with Crippen LogP contribution in [0.15, 0.2) is 36.7 Å². The fraction of sp³-hybridized carbons (Fsp3) is 0.389. The van der Waals surface area contributed by atoms with Crippen LogP contribution in [0, 0.1) is 0 Å². The molecule has 1 aromatic carbocycles. The molecule has 2 aliphatic rings. The third kappa shape index (κ3) is 3.45. The van der Waals surface area contributed by atoms with E-state index in [-0.39, 0.29) is 6.03 Å². The maximum atomic E-state index is 13.1. The number of carbonyl (C=O) groups excluding carboxylic acids is 1. The van der Waals surface area contributed by atoms with E-state index in [0.29, 0.717) is 56.9 Å². The maximum absolute atomic E-state index is 13.1. The minimum Gasteiger partial charge on any atom is -0.375 e. The van der Waals surface area contributed by atoms with Gasteiger partial charge in [-0.05, 0) is 24.3 Å². The number of amides is 2. The Bertz CT molecular complexity index is 780. The number of benzene rings is 1. The van der Waals surface area contributed by atoms with E-state index in [2.05, 4.69) is 14.9 Å². The maximum Gasteiger partial charge on any atom is 0.324 e. The average molecular weight is 374 g/mol. The van der Waals surface area contributed by atoms with E-state index < -0.39 is 0 Å². The molecule has 0 bridgehead atoms. The first kappa shape index (κ1) is 17.1. The number of ether oxygens (including phenoxy) is 1. The molecule has 0 atom stereocenters. The lowest BCUT2D eigenvalue weighted by molar-refractivity contribution is 0.131. The normalized spacial score (nSPS) is 17.7. The second-order valence-corrected chi connectivity index (χ2v) is 6.72. The van der Waals surface area contributed by atoms with Crippen molar-refractivity contribution in [1.29, 1.82) is 0 Å². The van der Waals surface area contributed by atoms with Crippen molar-refractivity contribution in [2.75, 3.05) is 49.1 Å². The fourth-order valence-corrected chi connectivity index (χ4v) is 3.51. The molecule has 1 saturated heterocycles. The lowest BCUT2D eigenvalue weighted by Crippen LogP contribution is -2.53. The summed E-state index contributed by atoms with van der Waals surface area (Å²) in [5.74, 6) is 0.711. The molecule has 0 spiro atoms. The fourth-order valence-electron chi connectivity index (χ4n) is 3.31. The van der Waals surface area contributed by atoms with Crippen LogP contribution in [0.2, 0.25) is 5.02 Å². The Morgan fingerprint density at radius 3 is 2.62 bits per heavy atom. The number of piperazine rings is 1. The first-order valence-electron chi connectivity index (χ1n) is 8.67. The van der Waals surface area contributed by atoms with Gasteiger partial charge < -0.3 is 14.5 Å². The van der Waals surface area contributed by atoms with E-state index in [4.69, 9.17) is 16.3 Å². The highest BCUT2D eigenvalue weighted by Gasteiger charge is 2.29. The predicted octanol–water partition coefficient (Wildman–Crippen LogP) is 2.41. The summed E-state index contributed by atoms with van der Waals surface area (Å²) in [6, 6.07) is 7.39. The quantitative estimate of drug-likeness (QED) is 0.768. The van der Waals surface area contributed by atoms with Gasteiger partial charge in [-0.15, -0.1) is 0 Å². The van der Waals surface area contributed by atoms with Crippen LogP contribution in [-0.4, -0.2) is 60.2 Å². The van der Waals surface area contributed by atoms with Crippen molar-refractivity contribution in [3.05, 3.63) is 47.2 Å². The monoisotopic (exact) mass is 373 g/mol. The van der Waals surface area contributed by atoms with Gasteiger partial charge in [-0.3, -0.25) is 4.90 Å². The zero-order chi connectivity index (χ0) is 17.9. The van der Waals surface area contributed by atoms with Crippen LogP contribution in [0.4, 0.5) is 16.4 Å². The Morgan fingerprint density at radius 1 is 1.08 bits per heavy atom. The molecule has 4 rings (SSSR count). The van der Waals surface area contributed by atoms with Gasteiger partial charge in [-0.25, -0.2) is 14.8 Å². The Balaban J connectivity index is 1.47. The first-order chi connectivity index (χ1) is 12.7. The number of anilines is 2. The second-order valence-electron chi connectivity index (χ2n) is 6.28. The molecule has 0 N–H and O–H groups in total. The van der Waals surface area contributed by atoms with Gasteiger partial charge in [0, 0.05) is 49.2 Å². The SMILES string of the molecule is O=C(N1CCN(c2ncccn2)CC1)N1CCOCc2cc(Cl)ccc21. The molecule has 0 aliphatic carbocycles. The molecule has 7 nitrogen and oxygen atoms in total. The predicted molar refractivity (Wildman–Crippen MR) is 99.7 cm³/mol.